The first kappa shape index (κ1) is 20.3. The molecule has 0 heterocycles. The second kappa shape index (κ2) is 9.62. The van der Waals surface area contributed by atoms with E-state index in [2.05, 4.69) is 10.6 Å². The van der Waals surface area contributed by atoms with E-state index in [1.165, 1.54) is 0 Å². The summed E-state index contributed by atoms with van der Waals surface area (Å²) < 4.78 is 0. The van der Waals surface area contributed by atoms with Crippen LogP contribution in [0.25, 0.3) is 0 Å². The van der Waals surface area contributed by atoms with Crippen molar-refractivity contribution in [3.8, 4) is 0 Å². The maximum Gasteiger partial charge on any atom is 0.319 e. The van der Waals surface area contributed by atoms with E-state index in [9.17, 15) is 9.59 Å². The Labute approximate surface area is 161 Å². The minimum absolute atomic E-state index is 0.0403. The van der Waals surface area contributed by atoms with Crippen molar-refractivity contribution in [2.24, 2.45) is 0 Å². The summed E-state index contributed by atoms with van der Waals surface area (Å²) in [5.41, 5.74) is 3.81. The molecule has 2 rings (SSSR count). The van der Waals surface area contributed by atoms with Gasteiger partial charge in [-0.2, -0.15) is 0 Å². The smallest absolute Gasteiger partial charge is 0.319 e. The molecule has 0 fully saturated rings. The molecular weight excluding hydrogens is 340 g/mol. The number of carbonyl (C=O) groups is 2. The highest BCUT2D eigenvalue weighted by molar-refractivity contribution is 5.93. The molecule has 0 bridgehead atoms. The van der Waals surface area contributed by atoms with Crippen molar-refractivity contribution in [3.63, 3.8) is 0 Å². The number of hydrogen-bond acceptors (Lipinski definition) is 3. The Morgan fingerprint density at radius 1 is 1.04 bits per heavy atom. The first-order valence-electron chi connectivity index (χ1n) is 9.05. The first-order valence-corrected chi connectivity index (χ1v) is 9.05. The van der Waals surface area contributed by atoms with E-state index in [4.69, 9.17) is 0 Å². The molecular formula is C21H28N4O2. The van der Waals surface area contributed by atoms with Crippen LogP contribution in [0.4, 0.5) is 16.2 Å². The van der Waals surface area contributed by atoms with Crippen LogP contribution in [-0.2, 0) is 11.3 Å². The second-order valence-corrected chi connectivity index (χ2v) is 6.59. The predicted molar refractivity (Wildman–Crippen MR) is 110 cm³/mol. The van der Waals surface area contributed by atoms with E-state index in [0.717, 1.165) is 22.5 Å². The predicted octanol–water partition coefficient (Wildman–Crippen LogP) is 3.23. The van der Waals surface area contributed by atoms with E-state index >= 15 is 0 Å². The molecule has 0 aliphatic heterocycles. The monoisotopic (exact) mass is 368 g/mol. The molecule has 6 heteroatoms. The highest BCUT2D eigenvalue weighted by atomic mass is 16.2. The number of nitrogens with one attached hydrogen (secondary N) is 2. The lowest BCUT2D eigenvalue weighted by Gasteiger charge is -2.21. The van der Waals surface area contributed by atoms with Gasteiger partial charge in [-0.1, -0.05) is 30.3 Å². The molecule has 2 N–H and O–H groups in total. The number of hydrogen-bond donors (Lipinski definition) is 2. The third-order valence-electron chi connectivity index (χ3n) is 4.33. The van der Waals surface area contributed by atoms with Gasteiger partial charge in [0.1, 0.15) is 0 Å². The van der Waals surface area contributed by atoms with Crippen LogP contribution < -0.4 is 15.5 Å². The molecule has 0 radical (unpaired) electrons. The molecule has 3 amide bonds. The van der Waals surface area contributed by atoms with Crippen molar-refractivity contribution in [2.45, 2.75) is 20.4 Å². The second-order valence-electron chi connectivity index (χ2n) is 6.59. The summed E-state index contributed by atoms with van der Waals surface area (Å²) in [7, 11) is 3.93. The van der Waals surface area contributed by atoms with Gasteiger partial charge in [0.2, 0.25) is 5.91 Å². The van der Waals surface area contributed by atoms with Gasteiger partial charge >= 0.3 is 6.03 Å². The Morgan fingerprint density at radius 3 is 2.33 bits per heavy atom. The van der Waals surface area contributed by atoms with Crippen LogP contribution in [0.1, 0.15) is 18.1 Å². The zero-order valence-corrected chi connectivity index (χ0v) is 16.5. The van der Waals surface area contributed by atoms with Crippen molar-refractivity contribution in [2.75, 3.05) is 37.4 Å². The SMILES string of the molecule is CCN(Cc1ccccc1)C(=O)CNC(=O)Nc1ccc(N(C)C)cc1C. The number of benzene rings is 2. The molecule has 0 aliphatic carbocycles. The molecule has 0 saturated carbocycles. The highest BCUT2D eigenvalue weighted by Crippen LogP contribution is 2.21. The number of amides is 3. The zero-order valence-electron chi connectivity index (χ0n) is 16.5. The van der Waals surface area contributed by atoms with Crippen LogP contribution in [0.3, 0.4) is 0 Å². The number of nitrogens with zero attached hydrogens (tertiary/aromatic N) is 2. The fraction of sp³-hybridized carbons (Fsp3) is 0.333. The average molecular weight is 368 g/mol. The summed E-state index contributed by atoms with van der Waals surface area (Å²) in [5.74, 6) is -0.115. The first-order chi connectivity index (χ1) is 12.9. The lowest BCUT2D eigenvalue weighted by Crippen LogP contribution is -2.41. The number of likely N-dealkylation sites (N-methyl/N-ethyl adjacent to an activating group) is 1. The number of anilines is 2. The molecule has 0 spiro atoms. The maximum atomic E-state index is 12.4. The molecule has 144 valence electrons. The van der Waals surface area contributed by atoms with Gasteiger partial charge in [-0.3, -0.25) is 4.79 Å². The largest absolute Gasteiger partial charge is 0.378 e. The number of urea groups is 1. The summed E-state index contributed by atoms with van der Waals surface area (Å²) in [6.45, 7) is 4.94. The molecule has 6 nitrogen and oxygen atoms in total. The van der Waals surface area contributed by atoms with E-state index in [1.54, 1.807) is 4.90 Å². The van der Waals surface area contributed by atoms with Crippen LogP contribution in [0.5, 0.6) is 0 Å². The van der Waals surface area contributed by atoms with Gasteiger partial charge in [0, 0.05) is 38.6 Å². The summed E-state index contributed by atoms with van der Waals surface area (Å²) in [5, 5.41) is 5.44. The fourth-order valence-corrected chi connectivity index (χ4v) is 2.68. The van der Waals surface area contributed by atoms with Crippen molar-refractivity contribution < 1.29 is 9.59 Å². The number of aryl methyl sites for hydroxylation is 1. The minimum Gasteiger partial charge on any atom is -0.378 e. The van der Waals surface area contributed by atoms with Gasteiger partial charge in [0.25, 0.3) is 0 Å². The van der Waals surface area contributed by atoms with E-state index in [-0.39, 0.29) is 18.5 Å². The Morgan fingerprint density at radius 2 is 1.74 bits per heavy atom. The number of rotatable bonds is 7. The summed E-state index contributed by atoms with van der Waals surface area (Å²) >= 11 is 0. The third-order valence-corrected chi connectivity index (χ3v) is 4.33. The Balaban J connectivity index is 1.87. The average Bonchev–Trinajstić information content (AvgIpc) is 2.66. The lowest BCUT2D eigenvalue weighted by molar-refractivity contribution is -0.130. The van der Waals surface area contributed by atoms with Crippen LogP contribution in [0.2, 0.25) is 0 Å². The van der Waals surface area contributed by atoms with Gasteiger partial charge in [0.15, 0.2) is 0 Å². The van der Waals surface area contributed by atoms with Crippen LogP contribution in [0, 0.1) is 6.92 Å². The van der Waals surface area contributed by atoms with E-state index in [1.807, 2.05) is 81.4 Å². The highest BCUT2D eigenvalue weighted by Gasteiger charge is 2.14. The van der Waals surface area contributed by atoms with Crippen LogP contribution in [0.15, 0.2) is 48.5 Å². The minimum atomic E-state index is -0.389. The molecule has 0 aliphatic rings. The molecule has 0 unspecified atom stereocenters. The molecule has 0 atom stereocenters. The third kappa shape index (κ3) is 6.02. The molecule has 0 aromatic heterocycles. The Kier molecular flexibility index (Phi) is 7.23. The Bertz CT molecular complexity index is 775. The van der Waals surface area contributed by atoms with Gasteiger partial charge in [0.05, 0.1) is 6.54 Å². The van der Waals surface area contributed by atoms with Crippen LogP contribution >= 0.6 is 0 Å². The van der Waals surface area contributed by atoms with Gasteiger partial charge in [-0.25, -0.2) is 4.79 Å². The van der Waals surface area contributed by atoms with E-state index < -0.39 is 0 Å². The molecule has 27 heavy (non-hydrogen) atoms. The lowest BCUT2D eigenvalue weighted by atomic mass is 10.1. The van der Waals surface area contributed by atoms with E-state index in [0.29, 0.717) is 13.1 Å². The molecule has 2 aromatic rings. The van der Waals surface area contributed by atoms with Crippen molar-refractivity contribution in [1.29, 1.82) is 0 Å². The fourth-order valence-electron chi connectivity index (χ4n) is 2.68. The summed E-state index contributed by atoms with van der Waals surface area (Å²) in [6, 6.07) is 15.2. The van der Waals surface area contributed by atoms with Crippen molar-refractivity contribution >= 4 is 23.3 Å². The zero-order chi connectivity index (χ0) is 19.8. The van der Waals surface area contributed by atoms with Gasteiger partial charge in [-0.15, -0.1) is 0 Å². The standard InChI is InChI=1S/C21H28N4O2/c1-5-25(15-17-9-7-6-8-10-17)20(26)14-22-21(27)23-19-12-11-18(24(3)4)13-16(19)2/h6-13H,5,14-15H2,1-4H3,(H2,22,23,27). The summed E-state index contributed by atoms with van der Waals surface area (Å²) in [6.07, 6.45) is 0. The van der Waals surface area contributed by atoms with Gasteiger partial charge in [-0.05, 0) is 43.2 Å². The maximum absolute atomic E-state index is 12.4. The van der Waals surface area contributed by atoms with Gasteiger partial charge < -0.3 is 20.4 Å². The normalized spacial score (nSPS) is 10.2. The quantitative estimate of drug-likeness (QED) is 0.789. The van der Waals surface area contributed by atoms with Crippen LogP contribution in [-0.4, -0.2) is 44.0 Å². The van der Waals surface area contributed by atoms with Crippen molar-refractivity contribution in [3.05, 3.63) is 59.7 Å². The summed E-state index contributed by atoms with van der Waals surface area (Å²) in [4.78, 5) is 28.3. The molecule has 0 saturated heterocycles. The van der Waals surface area contributed by atoms with Crippen molar-refractivity contribution in [1.82, 2.24) is 10.2 Å². The Hall–Kier alpha value is -3.02. The molecule has 2 aromatic carbocycles. The topological polar surface area (TPSA) is 64.7 Å². The number of carbonyl (C=O) groups excluding carboxylic acids is 2.